The van der Waals surface area contributed by atoms with Gasteiger partial charge >= 0.3 is 18.4 Å². The van der Waals surface area contributed by atoms with Crippen molar-refractivity contribution >= 4 is 22.6 Å². The molecule has 0 saturated heterocycles. The van der Waals surface area contributed by atoms with Gasteiger partial charge in [0.25, 0.3) is 0 Å². The topological polar surface area (TPSA) is 9.23 Å². The van der Waals surface area contributed by atoms with Gasteiger partial charge in [-0.05, 0) is 0 Å². The van der Waals surface area contributed by atoms with Crippen LogP contribution < -0.4 is 0 Å². The van der Waals surface area contributed by atoms with Gasteiger partial charge in [-0.25, -0.2) is 9.13 Å². The molecule has 0 aliphatic heterocycles. The van der Waals surface area contributed by atoms with Gasteiger partial charge in [0.1, 0.15) is 0 Å². The van der Waals surface area contributed by atoms with E-state index in [0.717, 1.165) is 6.92 Å². The smallest absolute Gasteiger partial charge is 0.245 e. The molecule has 0 aliphatic rings. The largest absolute Gasteiger partial charge is 0.525 e. The summed E-state index contributed by atoms with van der Waals surface area (Å²) >= 11 is 1.37. The normalized spacial score (nSPS) is 19.8. The monoisotopic (exact) mass is 354 g/mol. The van der Waals surface area contributed by atoms with Gasteiger partial charge in [0.2, 0.25) is 0 Å². The zero-order chi connectivity index (χ0) is 12.5. The molecule has 92 valence electrons. The fourth-order valence-corrected chi connectivity index (χ4v) is 1.33. The molecule has 0 saturated carbocycles. The standard InChI is InChI=1S/C6H6F7IO/c1-3(14)2-4(7,5(8,9)10)15-6(11,12)13/h3H,2H2,1H3/t3-,4+/m1/s1. The Morgan fingerprint density at radius 1 is 1.07 bits per heavy atom. The Labute approximate surface area is 94.1 Å². The highest BCUT2D eigenvalue weighted by Gasteiger charge is 2.62. The number of halogens is 8. The second kappa shape index (κ2) is 4.60. The van der Waals surface area contributed by atoms with Gasteiger partial charge in [0, 0.05) is 10.3 Å². The Bertz CT molecular complexity index is 211. The summed E-state index contributed by atoms with van der Waals surface area (Å²) in [6.07, 6.45) is -12.8. The first-order chi connectivity index (χ1) is 6.37. The molecule has 0 heterocycles. The lowest BCUT2D eigenvalue weighted by Crippen LogP contribution is -2.48. The van der Waals surface area contributed by atoms with Gasteiger partial charge in [-0.2, -0.15) is 13.2 Å². The summed E-state index contributed by atoms with van der Waals surface area (Å²) in [5, 5.41) is 0. The van der Waals surface area contributed by atoms with Crippen LogP contribution in [0.25, 0.3) is 0 Å². The number of hydrogen-bond acceptors (Lipinski definition) is 1. The minimum Gasteiger partial charge on any atom is -0.245 e. The zero-order valence-electron chi connectivity index (χ0n) is 7.22. The average Bonchev–Trinajstić information content (AvgIpc) is 1.75. The van der Waals surface area contributed by atoms with Crippen LogP contribution in [0, 0.1) is 0 Å². The third-order valence-corrected chi connectivity index (χ3v) is 1.69. The highest BCUT2D eigenvalue weighted by atomic mass is 127. The van der Waals surface area contributed by atoms with E-state index in [4.69, 9.17) is 0 Å². The van der Waals surface area contributed by atoms with Crippen LogP contribution in [0.15, 0.2) is 0 Å². The van der Waals surface area contributed by atoms with Crippen LogP contribution in [0.3, 0.4) is 0 Å². The number of alkyl halides is 8. The fourth-order valence-electron chi connectivity index (χ4n) is 0.760. The molecule has 0 bridgehead atoms. The molecular weight excluding hydrogens is 348 g/mol. The van der Waals surface area contributed by atoms with Gasteiger partial charge in [-0.15, -0.1) is 13.2 Å². The number of hydrogen-bond donors (Lipinski definition) is 0. The van der Waals surface area contributed by atoms with Crippen molar-refractivity contribution in [2.24, 2.45) is 0 Å². The first-order valence-corrected chi connectivity index (χ1v) is 4.78. The summed E-state index contributed by atoms with van der Waals surface area (Å²) in [6.45, 7) is 1.14. The molecule has 0 rings (SSSR count). The third-order valence-electron chi connectivity index (χ3n) is 1.24. The summed E-state index contributed by atoms with van der Waals surface area (Å²) in [6, 6.07) is 0. The predicted molar refractivity (Wildman–Crippen MR) is 45.1 cm³/mol. The first kappa shape index (κ1) is 15.2. The molecule has 0 aromatic rings. The maximum Gasteiger partial charge on any atom is 0.525 e. The Balaban J connectivity index is 4.88. The van der Waals surface area contributed by atoms with Crippen molar-refractivity contribution in [3.05, 3.63) is 0 Å². The van der Waals surface area contributed by atoms with Gasteiger partial charge in [0.05, 0.1) is 0 Å². The van der Waals surface area contributed by atoms with E-state index in [0.29, 0.717) is 0 Å². The molecule has 0 N–H and O–H groups in total. The second-order valence-electron chi connectivity index (χ2n) is 2.76. The van der Waals surface area contributed by atoms with Crippen LogP contribution in [-0.2, 0) is 4.74 Å². The molecule has 0 spiro atoms. The molecule has 15 heavy (non-hydrogen) atoms. The molecule has 0 aliphatic carbocycles. The van der Waals surface area contributed by atoms with E-state index in [9.17, 15) is 30.7 Å². The molecule has 0 aromatic heterocycles. The van der Waals surface area contributed by atoms with Crippen LogP contribution in [0.4, 0.5) is 30.7 Å². The zero-order valence-corrected chi connectivity index (χ0v) is 9.37. The molecule has 0 amide bonds. The number of ether oxygens (including phenoxy) is 1. The van der Waals surface area contributed by atoms with Crippen molar-refractivity contribution in [1.29, 1.82) is 0 Å². The van der Waals surface area contributed by atoms with E-state index >= 15 is 0 Å². The van der Waals surface area contributed by atoms with E-state index < -0.39 is 28.7 Å². The summed E-state index contributed by atoms with van der Waals surface area (Å²) in [5.74, 6) is -4.69. The summed E-state index contributed by atoms with van der Waals surface area (Å²) in [4.78, 5) is 0. The third kappa shape index (κ3) is 5.18. The predicted octanol–water partition coefficient (Wildman–Crippen LogP) is 3.96. The van der Waals surface area contributed by atoms with Gasteiger partial charge in [-0.3, -0.25) is 0 Å². The van der Waals surface area contributed by atoms with E-state index in [-0.39, 0.29) is 0 Å². The highest BCUT2D eigenvalue weighted by molar-refractivity contribution is 14.1. The van der Waals surface area contributed by atoms with E-state index in [1.54, 1.807) is 0 Å². The van der Waals surface area contributed by atoms with Crippen LogP contribution in [0.1, 0.15) is 13.3 Å². The minimum absolute atomic E-state index is 0.962. The Morgan fingerprint density at radius 2 is 1.47 bits per heavy atom. The van der Waals surface area contributed by atoms with Crippen molar-refractivity contribution in [3.63, 3.8) is 0 Å². The lowest BCUT2D eigenvalue weighted by atomic mass is 10.1. The minimum atomic E-state index is -5.72. The van der Waals surface area contributed by atoms with Gasteiger partial charge < -0.3 is 0 Å². The molecular formula is C6H6F7IO. The van der Waals surface area contributed by atoms with Crippen LogP contribution in [0.2, 0.25) is 0 Å². The second-order valence-corrected chi connectivity index (χ2v) is 4.89. The maximum absolute atomic E-state index is 13.0. The Morgan fingerprint density at radius 3 is 1.67 bits per heavy atom. The Hall–Kier alpha value is 0.200. The lowest BCUT2D eigenvalue weighted by molar-refractivity contribution is -0.448. The summed E-state index contributed by atoms with van der Waals surface area (Å²) in [5.41, 5.74) is 0. The average molecular weight is 354 g/mol. The summed E-state index contributed by atoms with van der Waals surface area (Å²) in [7, 11) is 0. The number of rotatable bonds is 3. The van der Waals surface area contributed by atoms with Crippen LogP contribution >= 0.6 is 22.6 Å². The Kier molecular flexibility index (Phi) is 4.66. The van der Waals surface area contributed by atoms with Gasteiger partial charge in [-0.1, -0.05) is 29.5 Å². The molecule has 1 nitrogen and oxygen atoms in total. The molecule has 0 fully saturated rings. The molecule has 0 radical (unpaired) electrons. The molecule has 2 atom stereocenters. The van der Waals surface area contributed by atoms with E-state index in [1.165, 1.54) is 22.6 Å². The SMILES string of the molecule is C[C@@H](I)C[C@](F)(OC(F)(F)F)C(F)(F)F. The van der Waals surface area contributed by atoms with Crippen molar-refractivity contribution in [2.75, 3.05) is 0 Å². The van der Waals surface area contributed by atoms with Crippen molar-refractivity contribution in [1.82, 2.24) is 0 Å². The van der Waals surface area contributed by atoms with Crippen LogP contribution in [-0.4, -0.2) is 22.3 Å². The van der Waals surface area contributed by atoms with E-state index in [1.807, 2.05) is 0 Å². The highest BCUT2D eigenvalue weighted by Crippen LogP contribution is 2.43. The van der Waals surface area contributed by atoms with Crippen molar-refractivity contribution in [2.45, 2.75) is 35.7 Å². The van der Waals surface area contributed by atoms with E-state index in [2.05, 4.69) is 4.74 Å². The van der Waals surface area contributed by atoms with Crippen LogP contribution in [0.5, 0.6) is 0 Å². The fraction of sp³-hybridized carbons (Fsp3) is 1.00. The molecule has 0 aromatic carbocycles. The maximum atomic E-state index is 13.0. The van der Waals surface area contributed by atoms with Gasteiger partial charge in [0.15, 0.2) is 0 Å². The first-order valence-electron chi connectivity index (χ1n) is 3.54. The molecule has 9 heteroatoms. The van der Waals surface area contributed by atoms with Crippen molar-refractivity contribution < 1.29 is 35.5 Å². The quantitative estimate of drug-likeness (QED) is 0.424. The van der Waals surface area contributed by atoms with Crippen molar-refractivity contribution in [3.8, 4) is 0 Å². The summed E-state index contributed by atoms with van der Waals surface area (Å²) < 4.78 is 85.2. The lowest BCUT2D eigenvalue weighted by Gasteiger charge is -2.29. The molecule has 0 unspecified atom stereocenters.